The fourth-order valence-electron chi connectivity index (χ4n) is 2.02. The van der Waals surface area contributed by atoms with Gasteiger partial charge in [0.1, 0.15) is 4.75 Å². The second kappa shape index (κ2) is 4.60. The summed E-state index contributed by atoms with van der Waals surface area (Å²) in [5.41, 5.74) is 0. The lowest BCUT2D eigenvalue weighted by Gasteiger charge is -2.36. The van der Waals surface area contributed by atoms with Crippen molar-refractivity contribution in [3.63, 3.8) is 0 Å². The molecule has 0 heterocycles. The van der Waals surface area contributed by atoms with Gasteiger partial charge in [-0.2, -0.15) is 0 Å². The molecule has 86 valence electrons. The van der Waals surface area contributed by atoms with E-state index in [0.29, 0.717) is 6.42 Å². The number of Topliss-reactive ketones (excluding diaryl/α,β-unsaturated/α-hetero) is 1. The lowest BCUT2D eigenvalue weighted by atomic mass is 9.86. The van der Waals surface area contributed by atoms with Crippen molar-refractivity contribution in [2.75, 3.05) is 0 Å². The normalized spacial score (nSPS) is 30.4. The molecule has 0 amide bonds. The third-order valence-corrected chi connectivity index (χ3v) is 4.58. The van der Waals surface area contributed by atoms with Crippen molar-refractivity contribution in [1.82, 2.24) is 0 Å². The van der Waals surface area contributed by atoms with E-state index in [9.17, 15) is 9.90 Å². The first kappa shape index (κ1) is 11.7. The largest absolute Gasteiger partial charge is 0.391 e. The summed E-state index contributed by atoms with van der Waals surface area (Å²) in [5, 5.41) is 10.0. The Bertz CT molecular complexity index is 377. The summed E-state index contributed by atoms with van der Waals surface area (Å²) in [4.78, 5) is 13.0. The van der Waals surface area contributed by atoms with Gasteiger partial charge in [0.25, 0.3) is 0 Å². The van der Waals surface area contributed by atoms with Crippen LogP contribution in [0.1, 0.15) is 26.2 Å². The highest BCUT2D eigenvalue weighted by atomic mass is 32.2. The lowest BCUT2D eigenvalue weighted by molar-refractivity contribution is -0.126. The molecule has 1 fully saturated rings. The van der Waals surface area contributed by atoms with E-state index in [-0.39, 0.29) is 5.78 Å². The molecule has 1 aromatic rings. The van der Waals surface area contributed by atoms with Gasteiger partial charge in [0.2, 0.25) is 0 Å². The number of thioether (sulfide) groups is 1. The van der Waals surface area contributed by atoms with Gasteiger partial charge in [-0.15, -0.1) is 11.8 Å². The molecule has 1 N–H and O–H groups in total. The minimum absolute atomic E-state index is 0.167. The van der Waals surface area contributed by atoms with Crippen molar-refractivity contribution in [2.45, 2.75) is 41.9 Å². The molecule has 0 aromatic heterocycles. The zero-order valence-electron chi connectivity index (χ0n) is 9.35. The van der Waals surface area contributed by atoms with Crippen LogP contribution in [0.2, 0.25) is 0 Å². The number of hydrogen-bond donors (Lipinski definition) is 1. The van der Waals surface area contributed by atoms with Crippen LogP contribution in [0.5, 0.6) is 0 Å². The summed E-state index contributed by atoms with van der Waals surface area (Å²) < 4.78 is -0.667. The maximum Gasteiger partial charge on any atom is 0.151 e. The molecule has 1 aromatic carbocycles. The minimum Gasteiger partial charge on any atom is -0.391 e. The number of ketones is 1. The number of carbonyl (C=O) groups is 1. The van der Waals surface area contributed by atoms with Crippen LogP contribution in [0.3, 0.4) is 0 Å². The van der Waals surface area contributed by atoms with Crippen LogP contribution in [-0.4, -0.2) is 21.7 Å². The van der Waals surface area contributed by atoms with Crippen LogP contribution in [0.25, 0.3) is 0 Å². The molecule has 0 spiro atoms. The predicted molar refractivity (Wildman–Crippen MR) is 65.6 cm³/mol. The average Bonchev–Trinajstić information content (AvgIpc) is 2.28. The minimum atomic E-state index is -0.667. The quantitative estimate of drug-likeness (QED) is 0.857. The highest BCUT2D eigenvalue weighted by Crippen LogP contribution is 2.41. The second-order valence-corrected chi connectivity index (χ2v) is 5.88. The van der Waals surface area contributed by atoms with E-state index in [4.69, 9.17) is 0 Å². The zero-order chi connectivity index (χ0) is 11.6. The summed E-state index contributed by atoms with van der Waals surface area (Å²) in [7, 11) is 0. The van der Waals surface area contributed by atoms with Crippen LogP contribution >= 0.6 is 11.8 Å². The highest BCUT2D eigenvalue weighted by molar-refractivity contribution is 8.01. The van der Waals surface area contributed by atoms with Crippen LogP contribution in [0, 0.1) is 0 Å². The van der Waals surface area contributed by atoms with E-state index in [1.165, 1.54) is 11.8 Å². The smallest absolute Gasteiger partial charge is 0.151 e. The molecule has 1 aliphatic rings. The monoisotopic (exact) mass is 236 g/mol. The Balaban J connectivity index is 2.20. The van der Waals surface area contributed by atoms with E-state index < -0.39 is 10.9 Å². The van der Waals surface area contributed by atoms with Crippen molar-refractivity contribution in [3.05, 3.63) is 30.3 Å². The third-order valence-electron chi connectivity index (χ3n) is 3.14. The Kier molecular flexibility index (Phi) is 3.36. The molecule has 0 aliphatic heterocycles. The number of carbonyl (C=O) groups excluding carboxylic acids is 1. The van der Waals surface area contributed by atoms with Gasteiger partial charge in [-0.25, -0.2) is 0 Å². The average molecular weight is 236 g/mol. The maximum absolute atomic E-state index is 11.9. The first-order valence-electron chi connectivity index (χ1n) is 5.58. The van der Waals surface area contributed by atoms with E-state index in [1.807, 2.05) is 37.3 Å². The van der Waals surface area contributed by atoms with Gasteiger partial charge >= 0.3 is 0 Å². The molecule has 0 bridgehead atoms. The number of aliphatic hydroxyl groups excluding tert-OH is 1. The summed E-state index contributed by atoms with van der Waals surface area (Å²) in [6.07, 6.45) is 1.60. The van der Waals surface area contributed by atoms with Crippen molar-refractivity contribution < 1.29 is 9.90 Å². The molecule has 2 atom stereocenters. The molecule has 2 rings (SSSR count). The van der Waals surface area contributed by atoms with Crippen molar-refractivity contribution in [2.24, 2.45) is 0 Å². The Labute approximate surface area is 100 Å². The lowest BCUT2D eigenvalue weighted by Crippen LogP contribution is -2.46. The molecule has 2 nitrogen and oxygen atoms in total. The zero-order valence-corrected chi connectivity index (χ0v) is 10.2. The van der Waals surface area contributed by atoms with E-state index in [1.54, 1.807) is 0 Å². The number of rotatable bonds is 2. The molecule has 0 saturated heterocycles. The third kappa shape index (κ3) is 2.15. The molecule has 0 unspecified atom stereocenters. The molecular weight excluding hydrogens is 220 g/mol. The topological polar surface area (TPSA) is 37.3 Å². The van der Waals surface area contributed by atoms with E-state index in [0.717, 1.165) is 17.7 Å². The Morgan fingerprint density at radius 2 is 2.06 bits per heavy atom. The summed E-state index contributed by atoms with van der Waals surface area (Å²) in [5.74, 6) is 0.167. The summed E-state index contributed by atoms with van der Waals surface area (Å²) >= 11 is 1.48. The number of hydrogen-bond acceptors (Lipinski definition) is 3. The molecule has 1 aliphatic carbocycles. The Morgan fingerprint density at radius 3 is 2.69 bits per heavy atom. The predicted octanol–water partition coefficient (Wildman–Crippen LogP) is 2.65. The van der Waals surface area contributed by atoms with Gasteiger partial charge in [0.05, 0.1) is 6.10 Å². The van der Waals surface area contributed by atoms with Gasteiger partial charge in [-0.1, -0.05) is 18.2 Å². The first-order chi connectivity index (χ1) is 7.63. The van der Waals surface area contributed by atoms with Gasteiger partial charge in [-0.3, -0.25) is 4.79 Å². The van der Waals surface area contributed by atoms with Crippen molar-refractivity contribution in [1.29, 1.82) is 0 Å². The van der Waals surface area contributed by atoms with Gasteiger partial charge in [0.15, 0.2) is 5.78 Å². The molecule has 0 radical (unpaired) electrons. The summed E-state index contributed by atoms with van der Waals surface area (Å²) in [6, 6.07) is 9.80. The molecule has 1 saturated carbocycles. The van der Waals surface area contributed by atoms with E-state index >= 15 is 0 Å². The Morgan fingerprint density at radius 1 is 1.38 bits per heavy atom. The number of aliphatic hydroxyl groups is 1. The van der Waals surface area contributed by atoms with Crippen LogP contribution < -0.4 is 0 Å². The van der Waals surface area contributed by atoms with Gasteiger partial charge in [-0.05, 0) is 31.9 Å². The van der Waals surface area contributed by atoms with Gasteiger partial charge < -0.3 is 5.11 Å². The molecule has 3 heteroatoms. The maximum atomic E-state index is 11.9. The van der Waals surface area contributed by atoms with Crippen LogP contribution in [0.15, 0.2) is 35.2 Å². The molecule has 16 heavy (non-hydrogen) atoms. The number of benzene rings is 1. The van der Waals surface area contributed by atoms with Crippen LogP contribution in [-0.2, 0) is 4.79 Å². The first-order valence-corrected chi connectivity index (χ1v) is 6.40. The second-order valence-electron chi connectivity index (χ2n) is 4.35. The standard InChI is InChI=1S/C13H16O2S/c1-13(11(14)8-5-9-12(13)15)16-10-6-3-2-4-7-10/h2-4,6-7,11,14H,5,8-9H2,1H3/t11-,13+/m0/s1. The van der Waals surface area contributed by atoms with Crippen molar-refractivity contribution >= 4 is 17.5 Å². The summed E-state index contributed by atoms with van der Waals surface area (Å²) in [6.45, 7) is 1.86. The fraction of sp³-hybridized carbons (Fsp3) is 0.462. The Hall–Kier alpha value is -0.800. The van der Waals surface area contributed by atoms with Crippen LogP contribution in [0.4, 0.5) is 0 Å². The van der Waals surface area contributed by atoms with Gasteiger partial charge in [0, 0.05) is 11.3 Å². The SMILES string of the molecule is C[C@]1(Sc2ccccc2)C(=O)CCC[C@@H]1O. The fourth-order valence-corrected chi connectivity index (χ4v) is 3.28. The highest BCUT2D eigenvalue weighted by Gasteiger charge is 2.43. The van der Waals surface area contributed by atoms with E-state index in [2.05, 4.69) is 0 Å². The molecular formula is C13H16O2S. The van der Waals surface area contributed by atoms with Crippen molar-refractivity contribution in [3.8, 4) is 0 Å².